The average molecular weight is 358 g/mol. The van der Waals surface area contributed by atoms with Gasteiger partial charge in [-0.05, 0) is 31.4 Å². The maximum absolute atomic E-state index is 12.1. The van der Waals surface area contributed by atoms with Crippen LogP contribution in [0, 0.1) is 0 Å². The molecule has 0 aliphatic carbocycles. The van der Waals surface area contributed by atoms with Crippen LogP contribution < -0.4 is 10.4 Å². The molecule has 0 saturated heterocycles. The van der Waals surface area contributed by atoms with Crippen LogP contribution in [0.15, 0.2) is 50.9 Å². The number of aromatic nitrogens is 2. The summed E-state index contributed by atoms with van der Waals surface area (Å²) in [5, 5.41) is 1.21. The highest BCUT2D eigenvalue weighted by Crippen LogP contribution is 2.27. The fraction of sp³-hybridized carbons (Fsp3) is 0.176. The lowest BCUT2D eigenvalue weighted by molar-refractivity contribution is 0.0522. The molecule has 2 aromatic heterocycles. The molecule has 0 bridgehead atoms. The van der Waals surface area contributed by atoms with Gasteiger partial charge in [-0.25, -0.2) is 14.6 Å². The molecule has 3 rings (SSSR count). The predicted octanol–water partition coefficient (Wildman–Crippen LogP) is 3.27. The monoisotopic (exact) mass is 358 g/mol. The molecule has 0 atom stereocenters. The Labute approximate surface area is 147 Å². The van der Waals surface area contributed by atoms with Gasteiger partial charge >= 0.3 is 11.6 Å². The number of rotatable bonds is 5. The van der Waals surface area contributed by atoms with E-state index in [9.17, 15) is 9.59 Å². The first kappa shape index (κ1) is 17.0. The van der Waals surface area contributed by atoms with Crippen molar-refractivity contribution in [3.8, 4) is 11.6 Å². The average Bonchev–Trinajstić information content (AvgIpc) is 2.61. The molecule has 0 spiro atoms. The van der Waals surface area contributed by atoms with Crippen LogP contribution >= 0.6 is 11.8 Å². The van der Waals surface area contributed by atoms with Crippen molar-refractivity contribution in [2.24, 2.45) is 0 Å². The smallest absolute Gasteiger partial charge is 0.345 e. The zero-order valence-electron chi connectivity index (χ0n) is 13.5. The largest absolute Gasteiger partial charge is 0.462 e. The van der Waals surface area contributed by atoms with Crippen LogP contribution in [0.1, 0.15) is 17.3 Å². The van der Waals surface area contributed by atoms with E-state index in [1.54, 1.807) is 31.2 Å². The number of ether oxygens (including phenoxy) is 2. The molecular formula is C17H14N2O5S. The third kappa shape index (κ3) is 3.80. The second kappa shape index (κ2) is 7.35. The van der Waals surface area contributed by atoms with Gasteiger partial charge in [0.05, 0.1) is 6.61 Å². The molecule has 128 valence electrons. The topological polar surface area (TPSA) is 91.5 Å². The van der Waals surface area contributed by atoms with E-state index in [0.29, 0.717) is 16.5 Å². The zero-order valence-corrected chi connectivity index (χ0v) is 14.3. The van der Waals surface area contributed by atoms with E-state index in [1.165, 1.54) is 24.0 Å². The lowest BCUT2D eigenvalue weighted by atomic mass is 10.2. The Morgan fingerprint density at radius 1 is 1.28 bits per heavy atom. The van der Waals surface area contributed by atoms with Gasteiger partial charge < -0.3 is 13.9 Å². The Balaban J connectivity index is 2.01. The second-order valence-corrected chi connectivity index (χ2v) is 5.63. The number of carbonyl (C=O) groups is 1. The standard InChI is InChI=1S/C17H14N2O5S/c1-3-22-16(21)12-9-18-17(25-2)19-15(12)23-11-6-4-10-5-7-14(20)24-13(10)8-11/h4-9H,3H2,1-2H3. The van der Waals surface area contributed by atoms with Gasteiger partial charge in [0.25, 0.3) is 0 Å². The molecule has 1 aromatic carbocycles. The maximum Gasteiger partial charge on any atom is 0.345 e. The minimum Gasteiger partial charge on any atom is -0.462 e. The molecule has 7 nitrogen and oxygen atoms in total. The third-order valence-electron chi connectivity index (χ3n) is 3.22. The molecular weight excluding hydrogens is 344 g/mol. The molecule has 0 unspecified atom stereocenters. The van der Waals surface area contributed by atoms with E-state index in [1.807, 2.05) is 6.26 Å². The van der Waals surface area contributed by atoms with E-state index < -0.39 is 11.6 Å². The molecule has 8 heteroatoms. The number of nitrogens with zero attached hydrogens (tertiary/aromatic N) is 2. The maximum atomic E-state index is 12.1. The van der Waals surface area contributed by atoms with Crippen LogP contribution in [-0.4, -0.2) is 28.8 Å². The van der Waals surface area contributed by atoms with Crippen LogP contribution in [-0.2, 0) is 4.74 Å². The van der Waals surface area contributed by atoms with Crippen LogP contribution in [0.3, 0.4) is 0 Å². The molecule has 0 fully saturated rings. The van der Waals surface area contributed by atoms with E-state index in [-0.39, 0.29) is 18.1 Å². The van der Waals surface area contributed by atoms with Crippen molar-refractivity contribution in [1.29, 1.82) is 0 Å². The summed E-state index contributed by atoms with van der Waals surface area (Å²) >= 11 is 1.32. The van der Waals surface area contributed by atoms with Crippen LogP contribution in [0.25, 0.3) is 11.0 Å². The second-order valence-electron chi connectivity index (χ2n) is 4.85. The highest BCUT2D eigenvalue weighted by molar-refractivity contribution is 7.98. The van der Waals surface area contributed by atoms with Gasteiger partial charge in [-0.3, -0.25) is 0 Å². The Morgan fingerprint density at radius 2 is 2.08 bits per heavy atom. The number of thioether (sulfide) groups is 1. The van der Waals surface area contributed by atoms with Crippen molar-refractivity contribution in [1.82, 2.24) is 9.97 Å². The highest BCUT2D eigenvalue weighted by Gasteiger charge is 2.18. The van der Waals surface area contributed by atoms with Crippen molar-refractivity contribution in [2.75, 3.05) is 12.9 Å². The molecule has 3 aromatic rings. The highest BCUT2D eigenvalue weighted by atomic mass is 32.2. The van der Waals surface area contributed by atoms with Crippen LogP contribution in [0.4, 0.5) is 0 Å². The van der Waals surface area contributed by atoms with Gasteiger partial charge in [-0.2, -0.15) is 4.98 Å². The summed E-state index contributed by atoms with van der Waals surface area (Å²) < 4.78 is 15.9. The fourth-order valence-corrected chi connectivity index (χ4v) is 2.42. The molecule has 0 aliphatic rings. The fourth-order valence-electron chi connectivity index (χ4n) is 2.09. The molecule has 0 aliphatic heterocycles. The molecule has 0 amide bonds. The van der Waals surface area contributed by atoms with Gasteiger partial charge in [-0.15, -0.1) is 0 Å². The number of hydrogen-bond acceptors (Lipinski definition) is 8. The lowest BCUT2D eigenvalue weighted by Crippen LogP contribution is -2.09. The lowest BCUT2D eigenvalue weighted by Gasteiger charge is -2.10. The van der Waals surface area contributed by atoms with Gasteiger partial charge in [0.2, 0.25) is 5.88 Å². The minimum absolute atomic E-state index is 0.0791. The van der Waals surface area contributed by atoms with E-state index in [2.05, 4.69) is 9.97 Å². The quantitative estimate of drug-likeness (QED) is 0.297. The summed E-state index contributed by atoms with van der Waals surface area (Å²) in [4.78, 5) is 31.7. The number of esters is 1. The zero-order chi connectivity index (χ0) is 17.8. The number of hydrogen-bond donors (Lipinski definition) is 0. The van der Waals surface area contributed by atoms with Gasteiger partial charge in [-0.1, -0.05) is 11.8 Å². The van der Waals surface area contributed by atoms with Crippen molar-refractivity contribution in [2.45, 2.75) is 12.1 Å². The summed E-state index contributed by atoms with van der Waals surface area (Å²) in [6.07, 6.45) is 3.18. The van der Waals surface area contributed by atoms with Crippen molar-refractivity contribution < 1.29 is 18.7 Å². The van der Waals surface area contributed by atoms with Crippen molar-refractivity contribution in [3.63, 3.8) is 0 Å². The van der Waals surface area contributed by atoms with E-state index in [4.69, 9.17) is 13.9 Å². The number of carbonyl (C=O) groups excluding carboxylic acids is 1. The van der Waals surface area contributed by atoms with Crippen LogP contribution in [0.2, 0.25) is 0 Å². The molecule has 25 heavy (non-hydrogen) atoms. The minimum atomic E-state index is -0.572. The van der Waals surface area contributed by atoms with Gasteiger partial charge in [0, 0.05) is 23.7 Å². The first-order chi connectivity index (χ1) is 12.1. The Bertz CT molecular complexity index is 986. The SMILES string of the molecule is CCOC(=O)c1cnc(SC)nc1Oc1ccc2ccc(=O)oc2c1. The van der Waals surface area contributed by atoms with E-state index in [0.717, 1.165) is 5.39 Å². The van der Waals surface area contributed by atoms with Crippen LogP contribution in [0.5, 0.6) is 11.6 Å². The van der Waals surface area contributed by atoms with Crippen molar-refractivity contribution >= 4 is 28.7 Å². The molecule has 0 saturated carbocycles. The molecule has 0 radical (unpaired) electrons. The van der Waals surface area contributed by atoms with Gasteiger partial charge in [0.15, 0.2) is 5.16 Å². The summed E-state index contributed by atoms with van der Waals surface area (Å²) in [6, 6.07) is 8.00. The predicted molar refractivity (Wildman–Crippen MR) is 92.3 cm³/mol. The number of benzene rings is 1. The molecule has 2 heterocycles. The molecule has 0 N–H and O–H groups in total. The Hall–Kier alpha value is -2.87. The van der Waals surface area contributed by atoms with E-state index >= 15 is 0 Å². The summed E-state index contributed by atoms with van der Waals surface area (Å²) in [5.74, 6) is -0.119. The summed E-state index contributed by atoms with van der Waals surface area (Å²) in [6.45, 7) is 1.94. The van der Waals surface area contributed by atoms with Crippen molar-refractivity contribution in [3.05, 3.63) is 52.5 Å². The first-order valence-corrected chi connectivity index (χ1v) is 8.63. The Morgan fingerprint density at radius 3 is 2.84 bits per heavy atom. The van der Waals surface area contributed by atoms with Gasteiger partial charge in [0.1, 0.15) is 16.9 Å². The third-order valence-corrected chi connectivity index (χ3v) is 3.78. The number of fused-ring (bicyclic) bond motifs is 1. The summed E-state index contributed by atoms with van der Waals surface area (Å²) in [7, 11) is 0. The normalized spacial score (nSPS) is 10.6. The first-order valence-electron chi connectivity index (χ1n) is 7.40. The Kier molecular flexibility index (Phi) is 4.99. The summed E-state index contributed by atoms with van der Waals surface area (Å²) in [5.41, 5.74) is 0.0414.